The molecule has 0 atom stereocenters. The lowest BCUT2D eigenvalue weighted by atomic mass is 10.2. The van der Waals surface area contributed by atoms with Gasteiger partial charge in [0.05, 0.1) is 12.7 Å². The maximum absolute atomic E-state index is 8.87. The first-order chi connectivity index (χ1) is 13.1. The van der Waals surface area contributed by atoms with Crippen LogP contribution in [0.4, 0.5) is 0 Å². The molecule has 3 aromatic rings. The number of hydrogen-bond donors (Lipinski definition) is 0. The largest absolute Gasteiger partial charge is 0.284 e. The van der Waals surface area contributed by atoms with E-state index in [9.17, 15) is 0 Å². The summed E-state index contributed by atoms with van der Waals surface area (Å²) in [5.74, 6) is 0.780. The van der Waals surface area contributed by atoms with E-state index in [4.69, 9.17) is 22.6 Å². The number of benzene rings is 1. The van der Waals surface area contributed by atoms with Gasteiger partial charge in [0.25, 0.3) is 0 Å². The van der Waals surface area contributed by atoms with E-state index in [1.54, 1.807) is 12.4 Å². The van der Waals surface area contributed by atoms with Crippen LogP contribution in [0.3, 0.4) is 0 Å². The number of rotatable bonds is 7. The molecule has 7 heteroatoms. The fourth-order valence-corrected chi connectivity index (χ4v) is 3.13. The molecular weight excluding hydrogens is 356 g/mol. The monoisotopic (exact) mass is 378 g/mol. The zero-order chi connectivity index (χ0) is 19.2. The van der Waals surface area contributed by atoms with Crippen LogP contribution in [0.1, 0.15) is 18.9 Å². The molecule has 0 N–H and O–H groups in total. The van der Waals surface area contributed by atoms with E-state index in [0.717, 1.165) is 23.6 Å². The zero-order valence-electron chi connectivity index (χ0n) is 15.5. The predicted octanol–water partition coefficient (Wildman–Crippen LogP) is 3.97. The van der Waals surface area contributed by atoms with E-state index in [2.05, 4.69) is 54.1 Å². The SMILES string of the molecule is CCN(CCC#N)Cn1nc(-c2ccncc2)n(-c2ccc(C)cc2)c1=S. The van der Waals surface area contributed by atoms with Crippen LogP contribution in [0.25, 0.3) is 17.1 Å². The van der Waals surface area contributed by atoms with E-state index in [1.807, 2.05) is 21.4 Å². The normalized spacial score (nSPS) is 10.9. The van der Waals surface area contributed by atoms with Crippen LogP contribution in [0.2, 0.25) is 0 Å². The second-order valence-corrected chi connectivity index (χ2v) is 6.64. The Hall–Kier alpha value is -2.82. The predicted molar refractivity (Wildman–Crippen MR) is 108 cm³/mol. The Morgan fingerprint density at radius 3 is 2.48 bits per heavy atom. The summed E-state index contributed by atoms with van der Waals surface area (Å²) in [4.78, 5) is 6.26. The summed E-state index contributed by atoms with van der Waals surface area (Å²) in [6, 6.07) is 14.3. The van der Waals surface area contributed by atoms with Gasteiger partial charge in [-0.1, -0.05) is 24.6 Å². The summed E-state index contributed by atoms with van der Waals surface area (Å²) >= 11 is 5.76. The number of nitrogens with zero attached hydrogens (tertiary/aromatic N) is 6. The molecule has 6 nitrogen and oxygen atoms in total. The minimum absolute atomic E-state index is 0.483. The van der Waals surface area contributed by atoms with Crippen molar-refractivity contribution in [1.82, 2.24) is 24.2 Å². The highest BCUT2D eigenvalue weighted by molar-refractivity contribution is 7.71. The first-order valence-electron chi connectivity index (χ1n) is 8.90. The molecular formula is C20H22N6S. The number of nitriles is 1. The summed E-state index contributed by atoms with van der Waals surface area (Å²) in [7, 11) is 0. The molecule has 1 aromatic carbocycles. The summed E-state index contributed by atoms with van der Waals surface area (Å²) in [6.45, 7) is 6.20. The van der Waals surface area contributed by atoms with Crippen LogP contribution in [0, 0.1) is 23.0 Å². The third kappa shape index (κ3) is 4.30. The Bertz CT molecular complexity index is 982. The van der Waals surface area contributed by atoms with Gasteiger partial charge in [0, 0.05) is 36.6 Å². The fourth-order valence-electron chi connectivity index (χ4n) is 2.84. The Morgan fingerprint density at radius 1 is 1.15 bits per heavy atom. The van der Waals surface area contributed by atoms with Crippen LogP contribution in [-0.4, -0.2) is 37.3 Å². The third-order valence-electron chi connectivity index (χ3n) is 4.39. The van der Waals surface area contributed by atoms with E-state index >= 15 is 0 Å². The molecule has 0 aliphatic heterocycles. The lowest BCUT2D eigenvalue weighted by molar-refractivity contribution is 0.220. The Morgan fingerprint density at radius 2 is 1.85 bits per heavy atom. The number of pyridine rings is 1. The molecule has 0 saturated carbocycles. The maximum atomic E-state index is 8.87. The molecule has 0 aliphatic carbocycles. The van der Waals surface area contributed by atoms with Gasteiger partial charge in [-0.2, -0.15) is 5.26 Å². The van der Waals surface area contributed by atoms with Crippen LogP contribution < -0.4 is 0 Å². The van der Waals surface area contributed by atoms with Gasteiger partial charge in [-0.25, -0.2) is 4.68 Å². The number of hydrogen-bond acceptors (Lipinski definition) is 5. The lowest BCUT2D eigenvalue weighted by Gasteiger charge is -2.18. The molecule has 2 heterocycles. The van der Waals surface area contributed by atoms with Crippen molar-refractivity contribution in [2.24, 2.45) is 0 Å². The minimum Gasteiger partial charge on any atom is -0.284 e. The molecule has 0 radical (unpaired) electrons. The van der Waals surface area contributed by atoms with Crippen molar-refractivity contribution >= 4 is 12.2 Å². The lowest BCUT2D eigenvalue weighted by Crippen LogP contribution is -2.28. The van der Waals surface area contributed by atoms with E-state index in [0.29, 0.717) is 24.4 Å². The van der Waals surface area contributed by atoms with Gasteiger partial charge in [-0.05, 0) is 50.0 Å². The molecule has 138 valence electrons. The molecule has 27 heavy (non-hydrogen) atoms. The standard InChI is InChI=1S/C20H22N6S/c1-3-24(14-4-11-21)15-25-20(27)26(18-7-5-16(2)6-8-18)19(23-25)17-9-12-22-13-10-17/h5-10,12-13H,3-4,14-15H2,1-2H3. The Labute approximate surface area is 164 Å². The smallest absolute Gasteiger partial charge is 0.204 e. The maximum Gasteiger partial charge on any atom is 0.204 e. The van der Waals surface area contributed by atoms with Crippen molar-refractivity contribution in [2.45, 2.75) is 26.9 Å². The highest BCUT2D eigenvalue weighted by Crippen LogP contribution is 2.22. The van der Waals surface area contributed by atoms with Gasteiger partial charge >= 0.3 is 0 Å². The summed E-state index contributed by atoms with van der Waals surface area (Å²) in [5.41, 5.74) is 3.12. The van der Waals surface area contributed by atoms with Gasteiger partial charge in [0.2, 0.25) is 4.77 Å². The van der Waals surface area contributed by atoms with Crippen molar-refractivity contribution in [3.8, 4) is 23.1 Å². The summed E-state index contributed by atoms with van der Waals surface area (Å²) in [5, 5.41) is 13.7. The molecule has 0 fully saturated rings. The average molecular weight is 379 g/mol. The second kappa shape index (κ2) is 8.71. The van der Waals surface area contributed by atoms with E-state index in [1.165, 1.54) is 5.56 Å². The van der Waals surface area contributed by atoms with Crippen LogP contribution in [0.15, 0.2) is 48.8 Å². The second-order valence-electron chi connectivity index (χ2n) is 6.27. The summed E-state index contributed by atoms with van der Waals surface area (Å²) in [6.07, 6.45) is 3.99. The molecule has 0 unspecified atom stereocenters. The quantitative estimate of drug-likeness (QED) is 0.582. The van der Waals surface area contributed by atoms with Crippen LogP contribution in [-0.2, 0) is 6.67 Å². The zero-order valence-corrected chi connectivity index (χ0v) is 16.4. The topological polar surface area (TPSA) is 62.7 Å². The summed E-state index contributed by atoms with van der Waals surface area (Å²) < 4.78 is 4.44. The average Bonchev–Trinajstić information content (AvgIpc) is 3.02. The van der Waals surface area contributed by atoms with E-state index < -0.39 is 0 Å². The van der Waals surface area contributed by atoms with Gasteiger partial charge in [0.1, 0.15) is 0 Å². The van der Waals surface area contributed by atoms with Gasteiger partial charge < -0.3 is 0 Å². The molecule has 0 bridgehead atoms. The van der Waals surface area contributed by atoms with Crippen molar-refractivity contribution < 1.29 is 0 Å². The van der Waals surface area contributed by atoms with Crippen molar-refractivity contribution in [2.75, 3.05) is 13.1 Å². The minimum atomic E-state index is 0.483. The first-order valence-corrected chi connectivity index (χ1v) is 9.31. The number of aryl methyl sites for hydroxylation is 1. The molecule has 0 amide bonds. The first kappa shape index (κ1) is 19.0. The van der Waals surface area contributed by atoms with Crippen molar-refractivity contribution in [1.29, 1.82) is 5.26 Å². The van der Waals surface area contributed by atoms with Gasteiger partial charge in [-0.3, -0.25) is 14.5 Å². The molecule has 0 spiro atoms. The van der Waals surface area contributed by atoms with Crippen molar-refractivity contribution in [3.63, 3.8) is 0 Å². The fraction of sp³-hybridized carbons (Fsp3) is 0.300. The number of aromatic nitrogens is 4. The Kier molecular flexibility index (Phi) is 6.12. The molecule has 3 rings (SSSR count). The molecule has 0 saturated heterocycles. The Balaban J connectivity index is 2.08. The van der Waals surface area contributed by atoms with Gasteiger partial charge in [0.15, 0.2) is 5.82 Å². The van der Waals surface area contributed by atoms with Crippen LogP contribution in [0.5, 0.6) is 0 Å². The molecule has 0 aliphatic rings. The molecule has 2 aromatic heterocycles. The van der Waals surface area contributed by atoms with Crippen LogP contribution >= 0.6 is 12.2 Å². The highest BCUT2D eigenvalue weighted by Gasteiger charge is 2.16. The van der Waals surface area contributed by atoms with Crippen molar-refractivity contribution in [3.05, 3.63) is 59.1 Å². The van der Waals surface area contributed by atoms with E-state index in [-0.39, 0.29) is 0 Å². The van der Waals surface area contributed by atoms with Gasteiger partial charge in [-0.15, -0.1) is 5.10 Å². The highest BCUT2D eigenvalue weighted by atomic mass is 32.1. The third-order valence-corrected chi connectivity index (χ3v) is 4.78.